The predicted octanol–water partition coefficient (Wildman–Crippen LogP) is 1.61. The fourth-order valence-corrected chi connectivity index (χ4v) is 1.86. The van der Waals surface area contributed by atoms with E-state index in [4.69, 9.17) is 4.74 Å². The first kappa shape index (κ1) is 11.1. The van der Waals surface area contributed by atoms with Crippen LogP contribution in [0.1, 0.15) is 5.56 Å². The van der Waals surface area contributed by atoms with Gasteiger partial charge in [-0.2, -0.15) is 0 Å². The molecule has 2 rings (SSSR count). The number of imidazole rings is 1. The highest BCUT2D eigenvalue weighted by Gasteiger charge is 2.03. The molecule has 2 aromatic rings. The van der Waals surface area contributed by atoms with E-state index in [1.165, 1.54) is 5.56 Å². The summed E-state index contributed by atoms with van der Waals surface area (Å²) < 4.78 is 7.10. The molecule has 0 aliphatic carbocycles. The Morgan fingerprint density at radius 2 is 2.25 bits per heavy atom. The van der Waals surface area contributed by atoms with Gasteiger partial charge in [0.25, 0.3) is 0 Å². The van der Waals surface area contributed by atoms with Gasteiger partial charge < -0.3 is 9.30 Å². The lowest BCUT2D eigenvalue weighted by Crippen LogP contribution is -2.20. The summed E-state index contributed by atoms with van der Waals surface area (Å²) in [5, 5.41) is 0. The molecule has 16 heavy (non-hydrogen) atoms. The van der Waals surface area contributed by atoms with Crippen LogP contribution < -0.4 is 0 Å². The lowest BCUT2D eigenvalue weighted by atomic mass is 10.2. The van der Waals surface area contributed by atoms with Gasteiger partial charge in [-0.1, -0.05) is 6.07 Å². The summed E-state index contributed by atoms with van der Waals surface area (Å²) in [6.07, 6.45) is 1.84. The molecule has 4 nitrogen and oxygen atoms in total. The molecule has 0 bridgehead atoms. The third-order valence-corrected chi connectivity index (χ3v) is 2.59. The lowest BCUT2D eigenvalue weighted by Gasteiger charge is -2.15. The van der Waals surface area contributed by atoms with Crippen LogP contribution in [0.5, 0.6) is 0 Å². The molecular formula is C12H17N3O. The van der Waals surface area contributed by atoms with Crippen molar-refractivity contribution in [3.8, 4) is 0 Å². The molecule has 1 aromatic heterocycles. The molecule has 0 aliphatic heterocycles. The highest BCUT2D eigenvalue weighted by Crippen LogP contribution is 2.14. The van der Waals surface area contributed by atoms with E-state index in [1.807, 2.05) is 25.0 Å². The fraction of sp³-hybridized carbons (Fsp3) is 0.417. The maximum atomic E-state index is 5.07. The second-order valence-electron chi connectivity index (χ2n) is 4.11. The number of hydrogen-bond acceptors (Lipinski definition) is 3. The summed E-state index contributed by atoms with van der Waals surface area (Å²) in [6, 6.07) is 6.37. The van der Waals surface area contributed by atoms with E-state index in [1.54, 1.807) is 7.11 Å². The first-order valence-electron chi connectivity index (χ1n) is 5.28. The smallest absolute Gasteiger partial charge is 0.0986 e. The van der Waals surface area contributed by atoms with Crippen LogP contribution in [0, 0.1) is 0 Å². The zero-order valence-electron chi connectivity index (χ0n) is 9.97. The van der Waals surface area contributed by atoms with Crippen LogP contribution in [0.3, 0.4) is 0 Å². The largest absolute Gasteiger partial charge is 0.369 e. The molecule has 0 fully saturated rings. The van der Waals surface area contributed by atoms with Crippen molar-refractivity contribution >= 4 is 11.0 Å². The Bertz CT molecular complexity index is 478. The molecule has 86 valence electrons. The van der Waals surface area contributed by atoms with Crippen LogP contribution in [-0.2, 0) is 18.3 Å². The molecule has 0 saturated carbocycles. The number of aromatic nitrogens is 2. The van der Waals surface area contributed by atoms with E-state index in [2.05, 4.69) is 28.1 Å². The maximum absolute atomic E-state index is 5.07. The second kappa shape index (κ2) is 4.63. The van der Waals surface area contributed by atoms with Gasteiger partial charge in [-0.25, -0.2) is 4.98 Å². The van der Waals surface area contributed by atoms with Crippen LogP contribution in [0.15, 0.2) is 24.5 Å². The molecule has 0 saturated heterocycles. The average molecular weight is 219 g/mol. The van der Waals surface area contributed by atoms with Crippen molar-refractivity contribution in [1.82, 2.24) is 14.5 Å². The van der Waals surface area contributed by atoms with E-state index < -0.39 is 0 Å². The fourth-order valence-electron chi connectivity index (χ4n) is 1.86. The van der Waals surface area contributed by atoms with Gasteiger partial charge in [-0.05, 0) is 24.7 Å². The highest BCUT2D eigenvalue weighted by molar-refractivity contribution is 5.75. The first-order valence-corrected chi connectivity index (χ1v) is 5.28. The topological polar surface area (TPSA) is 30.3 Å². The van der Waals surface area contributed by atoms with E-state index in [9.17, 15) is 0 Å². The van der Waals surface area contributed by atoms with Gasteiger partial charge in [0, 0.05) is 20.7 Å². The molecule has 0 N–H and O–H groups in total. The quantitative estimate of drug-likeness (QED) is 0.732. The zero-order valence-corrected chi connectivity index (χ0v) is 9.97. The van der Waals surface area contributed by atoms with Crippen molar-refractivity contribution in [2.75, 3.05) is 20.9 Å². The Balaban J connectivity index is 2.19. The van der Waals surface area contributed by atoms with Gasteiger partial charge in [-0.15, -0.1) is 0 Å². The third-order valence-electron chi connectivity index (χ3n) is 2.59. The molecule has 0 amide bonds. The maximum Gasteiger partial charge on any atom is 0.0986 e. The Morgan fingerprint density at radius 3 is 3.00 bits per heavy atom. The SMILES string of the molecule is COCN(C)Cc1ccc2c(c1)ncn2C. The van der Waals surface area contributed by atoms with Crippen LogP contribution in [0.2, 0.25) is 0 Å². The van der Waals surface area contributed by atoms with Gasteiger partial charge in [0.1, 0.15) is 0 Å². The molecule has 1 heterocycles. The Kier molecular flexibility index (Phi) is 3.22. The van der Waals surface area contributed by atoms with Crippen LogP contribution in [0.25, 0.3) is 11.0 Å². The molecule has 0 unspecified atom stereocenters. The number of methoxy groups -OCH3 is 1. The minimum atomic E-state index is 0.639. The van der Waals surface area contributed by atoms with Crippen molar-refractivity contribution in [3.05, 3.63) is 30.1 Å². The summed E-state index contributed by atoms with van der Waals surface area (Å²) in [5.74, 6) is 0. The molecule has 0 spiro atoms. The number of benzene rings is 1. The minimum Gasteiger partial charge on any atom is -0.369 e. The standard InChI is InChI=1S/C12H17N3O/c1-14(9-16-3)7-10-4-5-12-11(6-10)13-8-15(12)2/h4-6,8H,7,9H2,1-3H3. The Morgan fingerprint density at radius 1 is 1.44 bits per heavy atom. The summed E-state index contributed by atoms with van der Waals surface area (Å²) in [6.45, 7) is 1.51. The van der Waals surface area contributed by atoms with Crippen LogP contribution in [-0.4, -0.2) is 35.3 Å². The van der Waals surface area contributed by atoms with Gasteiger partial charge in [0.2, 0.25) is 0 Å². The summed E-state index contributed by atoms with van der Waals surface area (Å²) in [7, 11) is 5.75. The second-order valence-corrected chi connectivity index (χ2v) is 4.11. The molecule has 0 radical (unpaired) electrons. The highest BCUT2D eigenvalue weighted by atomic mass is 16.5. The van der Waals surface area contributed by atoms with Crippen molar-refractivity contribution in [1.29, 1.82) is 0 Å². The van der Waals surface area contributed by atoms with Gasteiger partial charge in [0.15, 0.2) is 0 Å². The third kappa shape index (κ3) is 2.23. The average Bonchev–Trinajstić information content (AvgIpc) is 2.60. The molecular weight excluding hydrogens is 202 g/mol. The van der Waals surface area contributed by atoms with Crippen molar-refractivity contribution < 1.29 is 4.74 Å². The molecule has 0 aliphatic rings. The Labute approximate surface area is 95.4 Å². The monoisotopic (exact) mass is 219 g/mol. The molecule has 4 heteroatoms. The number of aryl methyl sites for hydroxylation is 1. The van der Waals surface area contributed by atoms with Gasteiger partial charge in [0.05, 0.1) is 24.1 Å². The number of nitrogens with zero attached hydrogens (tertiary/aromatic N) is 3. The van der Waals surface area contributed by atoms with Crippen LogP contribution in [0.4, 0.5) is 0 Å². The predicted molar refractivity (Wildman–Crippen MR) is 64.1 cm³/mol. The van der Waals surface area contributed by atoms with E-state index in [0.29, 0.717) is 6.73 Å². The van der Waals surface area contributed by atoms with Gasteiger partial charge >= 0.3 is 0 Å². The number of fused-ring (bicyclic) bond motifs is 1. The number of hydrogen-bond donors (Lipinski definition) is 0. The number of ether oxygens (including phenoxy) is 1. The summed E-state index contributed by atoms with van der Waals surface area (Å²) >= 11 is 0. The lowest BCUT2D eigenvalue weighted by molar-refractivity contribution is 0.0772. The summed E-state index contributed by atoms with van der Waals surface area (Å²) in [4.78, 5) is 6.46. The van der Waals surface area contributed by atoms with E-state index >= 15 is 0 Å². The first-order chi connectivity index (χ1) is 7.70. The number of rotatable bonds is 4. The van der Waals surface area contributed by atoms with Gasteiger partial charge in [-0.3, -0.25) is 4.90 Å². The Hall–Kier alpha value is -1.39. The van der Waals surface area contributed by atoms with E-state index in [0.717, 1.165) is 17.6 Å². The zero-order chi connectivity index (χ0) is 11.5. The minimum absolute atomic E-state index is 0.639. The normalized spacial score (nSPS) is 11.5. The van der Waals surface area contributed by atoms with Crippen molar-refractivity contribution in [3.63, 3.8) is 0 Å². The van der Waals surface area contributed by atoms with E-state index in [-0.39, 0.29) is 0 Å². The van der Waals surface area contributed by atoms with Crippen LogP contribution >= 0.6 is 0 Å². The van der Waals surface area contributed by atoms with Crippen molar-refractivity contribution in [2.24, 2.45) is 7.05 Å². The van der Waals surface area contributed by atoms with Crippen molar-refractivity contribution in [2.45, 2.75) is 6.54 Å². The summed E-state index contributed by atoms with van der Waals surface area (Å²) in [5.41, 5.74) is 3.47. The molecule has 0 atom stereocenters. The molecule has 1 aromatic carbocycles.